The van der Waals surface area contributed by atoms with Gasteiger partial charge in [0.05, 0.1) is 17.5 Å². The maximum atomic E-state index is 5.98. The average Bonchev–Trinajstić information content (AvgIpc) is 3.42. The Morgan fingerprint density at radius 1 is 1.07 bits per heavy atom. The zero-order valence-electron chi connectivity index (χ0n) is 14.9. The lowest BCUT2D eigenvalue weighted by atomic mass is 10.2. The van der Waals surface area contributed by atoms with Crippen LogP contribution in [0.25, 0.3) is 22.1 Å². The van der Waals surface area contributed by atoms with Crippen molar-refractivity contribution in [3.05, 3.63) is 70.6 Å². The van der Waals surface area contributed by atoms with Gasteiger partial charge in [-0.05, 0) is 61.8 Å². The fraction of sp³-hybridized carbons (Fsp3) is 0.200. The van der Waals surface area contributed by atoms with E-state index in [4.69, 9.17) is 20.4 Å². The minimum absolute atomic E-state index is 0.0321. The predicted octanol–water partition coefficient (Wildman–Crippen LogP) is 5.90. The standard InChI is InChI=1S/C20H18ClN3O2S/c1-13(19-22-23-20(26-19)18-4-3-11-27-18)24(2)12-16-9-10-17(25-16)14-5-7-15(21)8-6-14/h3-11,13H,12H2,1-2H3/t13-/m1/s1. The third-order valence-electron chi connectivity index (χ3n) is 4.39. The molecule has 0 fully saturated rings. The molecule has 0 saturated carbocycles. The summed E-state index contributed by atoms with van der Waals surface area (Å²) < 4.78 is 11.8. The molecule has 0 aliphatic heterocycles. The number of thiophene rings is 1. The molecule has 1 aromatic carbocycles. The van der Waals surface area contributed by atoms with Crippen molar-refractivity contribution in [2.24, 2.45) is 0 Å². The lowest BCUT2D eigenvalue weighted by Crippen LogP contribution is -2.21. The van der Waals surface area contributed by atoms with Gasteiger partial charge < -0.3 is 8.83 Å². The van der Waals surface area contributed by atoms with E-state index in [1.165, 1.54) is 0 Å². The van der Waals surface area contributed by atoms with Crippen LogP contribution in [-0.2, 0) is 6.54 Å². The number of aromatic nitrogens is 2. The molecular formula is C20H18ClN3O2S. The molecule has 0 aliphatic carbocycles. The molecule has 0 amide bonds. The Labute approximate surface area is 166 Å². The second-order valence-corrected chi connectivity index (χ2v) is 7.67. The Kier molecular flexibility index (Phi) is 5.11. The number of nitrogens with zero attached hydrogens (tertiary/aromatic N) is 3. The van der Waals surface area contributed by atoms with Crippen LogP contribution in [-0.4, -0.2) is 22.1 Å². The van der Waals surface area contributed by atoms with Crippen molar-refractivity contribution in [1.82, 2.24) is 15.1 Å². The van der Waals surface area contributed by atoms with Gasteiger partial charge in [-0.1, -0.05) is 17.7 Å². The van der Waals surface area contributed by atoms with Crippen molar-refractivity contribution in [2.45, 2.75) is 19.5 Å². The largest absolute Gasteiger partial charge is 0.460 e. The molecule has 3 heterocycles. The highest BCUT2D eigenvalue weighted by atomic mass is 35.5. The minimum atomic E-state index is -0.0321. The van der Waals surface area contributed by atoms with Crippen LogP contribution in [0.1, 0.15) is 24.6 Å². The van der Waals surface area contributed by atoms with E-state index in [0.717, 1.165) is 22.0 Å². The normalized spacial score (nSPS) is 12.6. The maximum Gasteiger partial charge on any atom is 0.257 e. The molecule has 1 atom stereocenters. The summed E-state index contributed by atoms with van der Waals surface area (Å²) in [5, 5.41) is 11.1. The molecule has 4 aromatic rings. The first-order valence-corrected chi connectivity index (χ1v) is 9.78. The van der Waals surface area contributed by atoms with Gasteiger partial charge in [-0.25, -0.2) is 0 Å². The number of hydrogen-bond acceptors (Lipinski definition) is 6. The van der Waals surface area contributed by atoms with Gasteiger partial charge in [0.2, 0.25) is 5.89 Å². The minimum Gasteiger partial charge on any atom is -0.460 e. The summed E-state index contributed by atoms with van der Waals surface area (Å²) in [4.78, 5) is 3.08. The number of rotatable bonds is 6. The van der Waals surface area contributed by atoms with Gasteiger partial charge in [0.1, 0.15) is 11.5 Å². The SMILES string of the molecule is C[C@H](c1nnc(-c2cccs2)o1)N(C)Cc1ccc(-c2ccc(Cl)cc2)o1. The van der Waals surface area contributed by atoms with Crippen molar-refractivity contribution in [3.63, 3.8) is 0 Å². The van der Waals surface area contributed by atoms with Crippen molar-refractivity contribution in [1.29, 1.82) is 0 Å². The maximum absolute atomic E-state index is 5.98. The van der Waals surface area contributed by atoms with Gasteiger partial charge in [0.25, 0.3) is 5.89 Å². The Morgan fingerprint density at radius 3 is 2.63 bits per heavy atom. The molecule has 4 rings (SSSR count). The van der Waals surface area contributed by atoms with E-state index in [1.807, 2.05) is 67.9 Å². The highest BCUT2D eigenvalue weighted by Gasteiger charge is 2.20. The molecule has 0 radical (unpaired) electrons. The molecule has 7 heteroatoms. The highest BCUT2D eigenvalue weighted by Crippen LogP contribution is 2.28. The molecule has 0 saturated heterocycles. The quantitative estimate of drug-likeness (QED) is 0.403. The van der Waals surface area contributed by atoms with E-state index in [9.17, 15) is 0 Å². The fourth-order valence-electron chi connectivity index (χ4n) is 2.71. The molecule has 27 heavy (non-hydrogen) atoms. The fourth-order valence-corrected chi connectivity index (χ4v) is 3.48. The molecule has 0 spiro atoms. The Balaban J connectivity index is 1.44. The van der Waals surface area contributed by atoms with Crippen LogP contribution in [0.5, 0.6) is 0 Å². The van der Waals surface area contributed by atoms with Gasteiger partial charge in [-0.15, -0.1) is 21.5 Å². The summed E-state index contributed by atoms with van der Waals surface area (Å²) in [5.74, 6) is 2.83. The average molecular weight is 400 g/mol. The first-order valence-electron chi connectivity index (χ1n) is 8.52. The van der Waals surface area contributed by atoms with Crippen LogP contribution in [0.15, 0.2) is 62.7 Å². The summed E-state index contributed by atoms with van der Waals surface area (Å²) in [6.45, 7) is 2.67. The van der Waals surface area contributed by atoms with Crippen molar-refractivity contribution in [3.8, 4) is 22.1 Å². The van der Waals surface area contributed by atoms with Crippen molar-refractivity contribution >= 4 is 22.9 Å². The third-order valence-corrected chi connectivity index (χ3v) is 5.50. The molecule has 5 nitrogen and oxygen atoms in total. The summed E-state index contributed by atoms with van der Waals surface area (Å²) in [5.41, 5.74) is 0.999. The van der Waals surface area contributed by atoms with Crippen LogP contribution < -0.4 is 0 Å². The van der Waals surface area contributed by atoms with Gasteiger partial charge >= 0.3 is 0 Å². The number of furan rings is 1. The molecule has 0 aliphatic rings. The summed E-state index contributed by atoms with van der Waals surface area (Å²) in [6.07, 6.45) is 0. The first kappa shape index (κ1) is 18.0. The molecule has 0 unspecified atom stereocenters. The Morgan fingerprint density at radius 2 is 1.89 bits per heavy atom. The van der Waals surface area contributed by atoms with Gasteiger partial charge in [-0.2, -0.15) is 0 Å². The van der Waals surface area contributed by atoms with E-state index < -0.39 is 0 Å². The van der Waals surface area contributed by atoms with E-state index in [1.54, 1.807) is 11.3 Å². The van der Waals surface area contributed by atoms with Crippen LogP contribution >= 0.6 is 22.9 Å². The number of benzene rings is 1. The van der Waals surface area contributed by atoms with Crippen LogP contribution in [0, 0.1) is 0 Å². The van der Waals surface area contributed by atoms with Crippen LogP contribution in [0.3, 0.4) is 0 Å². The Bertz CT molecular complexity index is 1010. The summed E-state index contributed by atoms with van der Waals surface area (Å²) in [7, 11) is 2.00. The van der Waals surface area contributed by atoms with Gasteiger partial charge in [0, 0.05) is 10.6 Å². The molecule has 0 bridgehead atoms. The summed E-state index contributed by atoms with van der Waals surface area (Å²) in [6, 6.07) is 15.5. The molecule has 138 valence electrons. The highest BCUT2D eigenvalue weighted by molar-refractivity contribution is 7.13. The second-order valence-electron chi connectivity index (χ2n) is 6.29. The smallest absolute Gasteiger partial charge is 0.257 e. The van der Waals surface area contributed by atoms with Crippen LogP contribution in [0.2, 0.25) is 5.02 Å². The van der Waals surface area contributed by atoms with Gasteiger partial charge in [-0.3, -0.25) is 4.90 Å². The topological polar surface area (TPSA) is 55.3 Å². The zero-order valence-corrected chi connectivity index (χ0v) is 16.5. The molecule has 0 N–H and O–H groups in total. The van der Waals surface area contributed by atoms with E-state index in [0.29, 0.717) is 23.3 Å². The number of hydrogen-bond donors (Lipinski definition) is 0. The van der Waals surface area contributed by atoms with Crippen molar-refractivity contribution < 1.29 is 8.83 Å². The van der Waals surface area contributed by atoms with Gasteiger partial charge in [0.15, 0.2) is 0 Å². The second kappa shape index (κ2) is 7.68. The predicted molar refractivity (Wildman–Crippen MR) is 107 cm³/mol. The monoisotopic (exact) mass is 399 g/mol. The molecule has 3 aromatic heterocycles. The third kappa shape index (κ3) is 3.98. The number of halogens is 1. The lowest BCUT2D eigenvalue weighted by molar-refractivity contribution is 0.203. The molecular weight excluding hydrogens is 382 g/mol. The lowest BCUT2D eigenvalue weighted by Gasteiger charge is -2.20. The van der Waals surface area contributed by atoms with Crippen molar-refractivity contribution in [2.75, 3.05) is 7.05 Å². The first-order chi connectivity index (χ1) is 13.1. The van der Waals surface area contributed by atoms with E-state index >= 15 is 0 Å². The Hall–Kier alpha value is -2.41. The zero-order chi connectivity index (χ0) is 18.8. The summed E-state index contributed by atoms with van der Waals surface area (Å²) >= 11 is 7.52. The van der Waals surface area contributed by atoms with E-state index in [2.05, 4.69) is 15.1 Å². The van der Waals surface area contributed by atoms with E-state index in [-0.39, 0.29) is 6.04 Å². The van der Waals surface area contributed by atoms with Crippen LogP contribution in [0.4, 0.5) is 0 Å².